The summed E-state index contributed by atoms with van der Waals surface area (Å²) in [7, 11) is 0. The molecule has 0 bridgehead atoms. The molecule has 1 heterocycles. The number of aryl methyl sites for hydroxylation is 2. The molecule has 1 saturated heterocycles. The molecule has 2 aromatic rings. The largest absolute Gasteiger partial charge is 0.399 e. The molecular formula is C22H30Cl2N4O2. The van der Waals surface area contributed by atoms with Gasteiger partial charge < -0.3 is 16.0 Å². The normalized spacial score (nSPS) is 13.8. The first kappa shape index (κ1) is 25.8. The Hall–Kier alpha value is -2.28. The minimum absolute atomic E-state index is 0. The van der Waals surface area contributed by atoms with Gasteiger partial charge in [-0.2, -0.15) is 0 Å². The summed E-state index contributed by atoms with van der Waals surface area (Å²) in [4.78, 5) is 29.1. The summed E-state index contributed by atoms with van der Waals surface area (Å²) in [6.45, 7) is 8.83. The molecule has 0 aromatic heterocycles. The number of benzene rings is 2. The van der Waals surface area contributed by atoms with Crippen LogP contribution in [0.2, 0.25) is 0 Å². The molecule has 0 unspecified atom stereocenters. The zero-order valence-electron chi connectivity index (χ0n) is 17.6. The van der Waals surface area contributed by atoms with Crippen LogP contribution < -0.4 is 11.1 Å². The molecule has 0 radical (unpaired) electrons. The summed E-state index contributed by atoms with van der Waals surface area (Å²) in [5, 5.41) is 3.00. The van der Waals surface area contributed by atoms with E-state index in [1.807, 2.05) is 49.9 Å². The number of nitrogens with two attached hydrogens (primary N) is 1. The molecule has 0 spiro atoms. The van der Waals surface area contributed by atoms with Gasteiger partial charge in [0.25, 0.3) is 5.91 Å². The van der Waals surface area contributed by atoms with Crippen LogP contribution in [0.5, 0.6) is 0 Å². The Balaban J connectivity index is 0.00000225. The molecule has 1 aliphatic heterocycles. The Morgan fingerprint density at radius 1 is 0.967 bits per heavy atom. The van der Waals surface area contributed by atoms with E-state index >= 15 is 0 Å². The molecule has 0 aliphatic carbocycles. The molecule has 3 N–H and O–H groups in total. The lowest BCUT2D eigenvalue weighted by Crippen LogP contribution is -2.50. The van der Waals surface area contributed by atoms with Gasteiger partial charge in [-0.25, -0.2) is 0 Å². The highest BCUT2D eigenvalue weighted by atomic mass is 35.5. The summed E-state index contributed by atoms with van der Waals surface area (Å²) < 4.78 is 0. The first-order valence-corrected chi connectivity index (χ1v) is 9.59. The predicted octanol–water partition coefficient (Wildman–Crippen LogP) is 3.43. The monoisotopic (exact) mass is 452 g/mol. The lowest BCUT2D eigenvalue weighted by atomic mass is 10.1. The second-order valence-electron chi connectivity index (χ2n) is 7.44. The molecule has 164 valence electrons. The zero-order valence-corrected chi connectivity index (χ0v) is 19.2. The minimum atomic E-state index is -0.0276. The Morgan fingerprint density at radius 3 is 2.30 bits per heavy atom. The Morgan fingerprint density at radius 2 is 1.63 bits per heavy atom. The van der Waals surface area contributed by atoms with E-state index < -0.39 is 0 Å². The number of amides is 2. The summed E-state index contributed by atoms with van der Waals surface area (Å²) in [5.41, 5.74) is 11.1. The Kier molecular flexibility index (Phi) is 9.62. The molecular weight excluding hydrogens is 423 g/mol. The first-order chi connectivity index (χ1) is 13.3. The summed E-state index contributed by atoms with van der Waals surface area (Å²) in [6.07, 6.45) is 0. The average molecular weight is 453 g/mol. The quantitative estimate of drug-likeness (QED) is 0.696. The van der Waals surface area contributed by atoms with Gasteiger partial charge in [-0.15, -0.1) is 24.8 Å². The standard InChI is InChI=1S/C22H28N4O2.2ClH/c1-15-5-4-6-20(17(15)3)24-21(27)14-25-9-11-26(12-10-25)22(28)19-13-18(23)8-7-16(19)2;;/h4-8,13H,9-12,14,23H2,1-3H3,(H,24,27);2*1H. The fourth-order valence-corrected chi connectivity index (χ4v) is 3.43. The van der Waals surface area contributed by atoms with Crippen molar-refractivity contribution in [3.8, 4) is 0 Å². The fourth-order valence-electron chi connectivity index (χ4n) is 3.43. The topological polar surface area (TPSA) is 78.7 Å². The lowest BCUT2D eigenvalue weighted by Gasteiger charge is -2.34. The number of nitrogen functional groups attached to an aromatic ring is 1. The van der Waals surface area contributed by atoms with Gasteiger partial charge in [-0.1, -0.05) is 18.2 Å². The summed E-state index contributed by atoms with van der Waals surface area (Å²) in [6, 6.07) is 11.3. The molecule has 1 fully saturated rings. The number of nitrogens with one attached hydrogen (secondary N) is 1. The van der Waals surface area contributed by atoms with Gasteiger partial charge in [-0.05, 0) is 55.7 Å². The highest BCUT2D eigenvalue weighted by Gasteiger charge is 2.24. The lowest BCUT2D eigenvalue weighted by molar-refractivity contribution is -0.117. The van der Waals surface area contributed by atoms with E-state index in [-0.39, 0.29) is 36.6 Å². The van der Waals surface area contributed by atoms with E-state index in [9.17, 15) is 9.59 Å². The van der Waals surface area contributed by atoms with Crippen LogP contribution in [0.4, 0.5) is 11.4 Å². The van der Waals surface area contributed by atoms with Crippen LogP contribution in [0.25, 0.3) is 0 Å². The molecule has 30 heavy (non-hydrogen) atoms. The number of hydrogen-bond donors (Lipinski definition) is 2. The molecule has 8 heteroatoms. The Bertz CT molecular complexity index is 897. The van der Waals surface area contributed by atoms with Crippen molar-refractivity contribution < 1.29 is 9.59 Å². The van der Waals surface area contributed by atoms with Crippen LogP contribution in [-0.4, -0.2) is 54.3 Å². The molecule has 3 rings (SSSR count). The van der Waals surface area contributed by atoms with E-state index in [0.29, 0.717) is 44.0 Å². The number of nitrogens with zero attached hydrogens (tertiary/aromatic N) is 2. The molecule has 0 atom stereocenters. The molecule has 0 saturated carbocycles. The van der Waals surface area contributed by atoms with Crippen molar-refractivity contribution in [2.75, 3.05) is 43.8 Å². The van der Waals surface area contributed by atoms with E-state index in [2.05, 4.69) is 10.2 Å². The van der Waals surface area contributed by atoms with Crippen molar-refractivity contribution in [2.45, 2.75) is 20.8 Å². The minimum Gasteiger partial charge on any atom is -0.399 e. The molecule has 2 aromatic carbocycles. The third-order valence-corrected chi connectivity index (χ3v) is 5.40. The third kappa shape index (κ3) is 6.11. The maximum absolute atomic E-state index is 12.8. The van der Waals surface area contributed by atoms with Gasteiger partial charge in [0.2, 0.25) is 5.91 Å². The van der Waals surface area contributed by atoms with Crippen molar-refractivity contribution >= 4 is 48.0 Å². The van der Waals surface area contributed by atoms with Crippen LogP contribution in [0.15, 0.2) is 36.4 Å². The Labute approximate surface area is 190 Å². The molecule has 2 amide bonds. The number of hydrogen-bond acceptors (Lipinski definition) is 4. The van der Waals surface area contributed by atoms with Gasteiger partial charge >= 0.3 is 0 Å². The number of anilines is 2. The number of halogens is 2. The first-order valence-electron chi connectivity index (χ1n) is 9.59. The van der Waals surface area contributed by atoms with Crippen LogP contribution >= 0.6 is 24.8 Å². The smallest absolute Gasteiger partial charge is 0.254 e. The maximum atomic E-state index is 12.8. The SMILES string of the molecule is Cc1ccc(N)cc1C(=O)N1CCN(CC(=O)Nc2cccc(C)c2C)CC1.Cl.Cl. The van der Waals surface area contributed by atoms with Crippen LogP contribution in [0.3, 0.4) is 0 Å². The maximum Gasteiger partial charge on any atom is 0.254 e. The van der Waals surface area contributed by atoms with Gasteiger partial charge in [-0.3, -0.25) is 14.5 Å². The highest BCUT2D eigenvalue weighted by Crippen LogP contribution is 2.19. The van der Waals surface area contributed by atoms with Gasteiger partial charge in [0.05, 0.1) is 6.54 Å². The van der Waals surface area contributed by atoms with Crippen molar-refractivity contribution in [3.05, 3.63) is 58.7 Å². The predicted molar refractivity (Wildman–Crippen MR) is 127 cm³/mol. The second kappa shape index (κ2) is 11.2. The zero-order chi connectivity index (χ0) is 20.3. The number of carbonyl (C=O) groups is 2. The van der Waals surface area contributed by atoms with E-state index in [1.54, 1.807) is 12.1 Å². The number of rotatable bonds is 4. The summed E-state index contributed by atoms with van der Waals surface area (Å²) >= 11 is 0. The van der Waals surface area contributed by atoms with E-state index in [1.165, 1.54) is 0 Å². The van der Waals surface area contributed by atoms with E-state index in [4.69, 9.17) is 5.73 Å². The van der Waals surface area contributed by atoms with Gasteiger partial charge in [0, 0.05) is 43.1 Å². The summed E-state index contributed by atoms with van der Waals surface area (Å²) in [5.74, 6) is -0.0237. The molecule has 1 aliphatic rings. The average Bonchev–Trinajstić information content (AvgIpc) is 2.67. The number of carbonyl (C=O) groups excluding carboxylic acids is 2. The van der Waals surface area contributed by atoms with Crippen molar-refractivity contribution in [1.29, 1.82) is 0 Å². The third-order valence-electron chi connectivity index (χ3n) is 5.40. The second-order valence-corrected chi connectivity index (χ2v) is 7.44. The number of piperazine rings is 1. The van der Waals surface area contributed by atoms with Gasteiger partial charge in [0.15, 0.2) is 0 Å². The van der Waals surface area contributed by atoms with Crippen molar-refractivity contribution in [2.24, 2.45) is 0 Å². The van der Waals surface area contributed by atoms with Crippen molar-refractivity contribution in [1.82, 2.24) is 9.80 Å². The van der Waals surface area contributed by atoms with Crippen LogP contribution in [0, 0.1) is 20.8 Å². The molecule has 6 nitrogen and oxygen atoms in total. The van der Waals surface area contributed by atoms with Crippen LogP contribution in [-0.2, 0) is 4.79 Å². The van der Waals surface area contributed by atoms with Crippen molar-refractivity contribution in [3.63, 3.8) is 0 Å². The van der Waals surface area contributed by atoms with Gasteiger partial charge in [0.1, 0.15) is 0 Å². The highest BCUT2D eigenvalue weighted by molar-refractivity contribution is 5.96. The fraction of sp³-hybridized carbons (Fsp3) is 0.364. The van der Waals surface area contributed by atoms with Crippen LogP contribution in [0.1, 0.15) is 27.0 Å². The van der Waals surface area contributed by atoms with E-state index in [0.717, 1.165) is 22.4 Å².